The predicted molar refractivity (Wildman–Crippen MR) is 191 cm³/mol. The van der Waals surface area contributed by atoms with E-state index in [1.807, 2.05) is 30.3 Å². The third-order valence-electron chi connectivity index (χ3n) is 9.41. The number of nitrogens with zero attached hydrogens (tertiary/aromatic N) is 1. The Kier molecular flexibility index (Phi) is 10.4. The molecule has 0 unspecified atom stereocenters. The molecule has 0 radical (unpaired) electrons. The van der Waals surface area contributed by atoms with Gasteiger partial charge in [-0.2, -0.15) is 0 Å². The second kappa shape index (κ2) is 15.1. The number of rotatable bonds is 12. The minimum absolute atomic E-state index is 0.0939. The van der Waals surface area contributed by atoms with Gasteiger partial charge in [-0.05, 0) is 64.9 Å². The lowest BCUT2D eigenvalue weighted by atomic mass is 9.87. The first kappa shape index (κ1) is 35.9. The SMILES string of the molecule is COC(=O)C[C@@H](c1oc(CN2CCc3cc(OC)c(OC)cc3[C@H]2c2cc(OC)c(OC)c(OC)c2)cc(=O)c1O)c1cc2ccccc2[nH]c1=O. The molecular formula is C39H40N2O11. The van der Waals surface area contributed by atoms with Gasteiger partial charge in [0.1, 0.15) is 5.76 Å². The summed E-state index contributed by atoms with van der Waals surface area (Å²) in [6, 6.07) is 17.1. The monoisotopic (exact) mass is 712 g/mol. The smallest absolute Gasteiger partial charge is 0.306 e. The van der Waals surface area contributed by atoms with E-state index < -0.39 is 34.7 Å². The molecule has 1 aliphatic rings. The number of esters is 1. The van der Waals surface area contributed by atoms with Crippen molar-refractivity contribution in [1.29, 1.82) is 0 Å². The lowest BCUT2D eigenvalue weighted by molar-refractivity contribution is -0.140. The molecule has 0 spiro atoms. The number of methoxy groups -OCH3 is 6. The van der Waals surface area contributed by atoms with Gasteiger partial charge in [-0.3, -0.25) is 19.3 Å². The molecule has 2 aromatic heterocycles. The average Bonchev–Trinajstić information content (AvgIpc) is 3.16. The standard InChI is InChI=1S/C39H40N2O11/c1-46-30-14-21-11-12-41(35(25(21)18-31(30)47-2)23-15-32(48-3)38(51-6)33(16-23)49-4)20-24-17-29(42)36(44)37(52-24)26(19-34(43)50-5)27-13-22-9-7-8-10-28(22)40-39(27)45/h7-10,13-18,26,35,44H,11-12,19-20H2,1-6H3,(H,40,45)/t26-,35-/m1/s1. The summed E-state index contributed by atoms with van der Waals surface area (Å²) in [5.41, 5.74) is 2.21. The van der Waals surface area contributed by atoms with Crippen molar-refractivity contribution in [3.05, 3.63) is 115 Å². The number of nitrogens with one attached hydrogen (secondary N) is 1. The largest absolute Gasteiger partial charge is 0.502 e. The molecule has 0 amide bonds. The van der Waals surface area contributed by atoms with Crippen LogP contribution in [-0.2, 0) is 22.5 Å². The summed E-state index contributed by atoms with van der Waals surface area (Å²) in [4.78, 5) is 44.5. The van der Waals surface area contributed by atoms with E-state index in [0.29, 0.717) is 52.6 Å². The Morgan fingerprint density at radius 1 is 0.885 bits per heavy atom. The minimum Gasteiger partial charge on any atom is -0.502 e. The van der Waals surface area contributed by atoms with E-state index in [2.05, 4.69) is 9.88 Å². The number of pyridine rings is 1. The molecule has 13 heteroatoms. The molecular weight excluding hydrogens is 672 g/mol. The quantitative estimate of drug-likeness (QED) is 0.166. The van der Waals surface area contributed by atoms with Gasteiger partial charge in [-0.15, -0.1) is 0 Å². The molecule has 272 valence electrons. The molecule has 2 N–H and O–H groups in total. The first-order chi connectivity index (χ1) is 25.1. The number of fused-ring (bicyclic) bond motifs is 2. The molecule has 0 bridgehead atoms. The van der Waals surface area contributed by atoms with Crippen molar-refractivity contribution in [1.82, 2.24) is 9.88 Å². The van der Waals surface area contributed by atoms with E-state index in [1.165, 1.54) is 20.3 Å². The zero-order chi connectivity index (χ0) is 37.1. The molecule has 3 heterocycles. The summed E-state index contributed by atoms with van der Waals surface area (Å²) in [5.74, 6) is -0.0672. The molecule has 5 aromatic rings. The van der Waals surface area contributed by atoms with E-state index in [1.54, 1.807) is 52.7 Å². The number of ether oxygens (including phenoxy) is 6. The number of H-pyrrole nitrogens is 1. The Morgan fingerprint density at radius 2 is 1.56 bits per heavy atom. The number of carbonyl (C=O) groups excluding carboxylic acids is 1. The number of aromatic hydroxyl groups is 1. The normalized spacial score (nSPS) is 14.7. The first-order valence-electron chi connectivity index (χ1n) is 16.5. The Hall–Kier alpha value is -5.95. The number of para-hydroxylation sites is 1. The summed E-state index contributed by atoms with van der Waals surface area (Å²) >= 11 is 0. The molecule has 13 nitrogen and oxygen atoms in total. The second-order valence-electron chi connectivity index (χ2n) is 12.3. The van der Waals surface area contributed by atoms with Crippen LogP contribution in [0.5, 0.6) is 34.5 Å². The molecule has 3 aromatic carbocycles. The van der Waals surface area contributed by atoms with Crippen molar-refractivity contribution >= 4 is 16.9 Å². The van der Waals surface area contributed by atoms with Gasteiger partial charge in [-0.1, -0.05) is 18.2 Å². The van der Waals surface area contributed by atoms with E-state index in [9.17, 15) is 19.5 Å². The fourth-order valence-electron chi connectivity index (χ4n) is 6.90. The maximum absolute atomic E-state index is 13.4. The number of aromatic amines is 1. The Labute approximate surface area is 299 Å². The van der Waals surface area contributed by atoms with Gasteiger partial charge in [0.2, 0.25) is 16.9 Å². The van der Waals surface area contributed by atoms with Gasteiger partial charge in [-0.25, -0.2) is 0 Å². The third kappa shape index (κ3) is 6.74. The molecule has 52 heavy (non-hydrogen) atoms. The summed E-state index contributed by atoms with van der Waals surface area (Å²) in [7, 11) is 8.98. The van der Waals surface area contributed by atoms with Crippen molar-refractivity contribution in [3.8, 4) is 34.5 Å². The number of carbonyl (C=O) groups is 1. The average molecular weight is 713 g/mol. The van der Waals surface area contributed by atoms with Crippen molar-refractivity contribution in [2.75, 3.05) is 49.2 Å². The van der Waals surface area contributed by atoms with Crippen LogP contribution in [0.3, 0.4) is 0 Å². The van der Waals surface area contributed by atoms with E-state index >= 15 is 0 Å². The number of benzene rings is 3. The summed E-state index contributed by atoms with van der Waals surface area (Å²) in [6.07, 6.45) is 0.244. The van der Waals surface area contributed by atoms with Gasteiger partial charge < -0.3 is 42.9 Å². The van der Waals surface area contributed by atoms with Gasteiger partial charge in [0.25, 0.3) is 5.56 Å². The lowest BCUT2D eigenvalue weighted by Crippen LogP contribution is -2.36. The van der Waals surface area contributed by atoms with Crippen LogP contribution in [0.25, 0.3) is 10.9 Å². The van der Waals surface area contributed by atoms with Crippen LogP contribution >= 0.6 is 0 Å². The molecule has 1 aliphatic heterocycles. The molecule has 0 saturated carbocycles. The number of aromatic nitrogens is 1. The van der Waals surface area contributed by atoms with Crippen LogP contribution in [0, 0.1) is 0 Å². The van der Waals surface area contributed by atoms with Crippen LogP contribution in [-0.4, -0.2) is 70.2 Å². The molecule has 0 aliphatic carbocycles. The Morgan fingerprint density at radius 3 is 2.21 bits per heavy atom. The fourth-order valence-corrected chi connectivity index (χ4v) is 6.90. The molecule has 6 rings (SSSR count). The highest BCUT2D eigenvalue weighted by atomic mass is 16.5. The first-order valence-corrected chi connectivity index (χ1v) is 16.5. The zero-order valence-electron chi connectivity index (χ0n) is 29.7. The van der Waals surface area contributed by atoms with Crippen molar-refractivity contribution in [3.63, 3.8) is 0 Å². The van der Waals surface area contributed by atoms with Crippen LogP contribution in [0.4, 0.5) is 0 Å². The van der Waals surface area contributed by atoms with E-state index in [-0.39, 0.29) is 30.0 Å². The third-order valence-corrected chi connectivity index (χ3v) is 9.41. The van der Waals surface area contributed by atoms with Gasteiger partial charge in [0, 0.05) is 23.7 Å². The summed E-state index contributed by atoms with van der Waals surface area (Å²) in [5, 5.41) is 11.8. The lowest BCUT2D eigenvalue weighted by Gasteiger charge is -2.38. The minimum atomic E-state index is -1.14. The van der Waals surface area contributed by atoms with Crippen molar-refractivity contribution in [2.45, 2.75) is 31.3 Å². The van der Waals surface area contributed by atoms with E-state index in [0.717, 1.165) is 16.7 Å². The highest BCUT2D eigenvalue weighted by Gasteiger charge is 2.34. The highest BCUT2D eigenvalue weighted by Crippen LogP contribution is 2.46. The van der Waals surface area contributed by atoms with Crippen LogP contribution < -0.4 is 34.7 Å². The van der Waals surface area contributed by atoms with Gasteiger partial charge in [0.15, 0.2) is 28.8 Å². The molecule has 0 fully saturated rings. The highest BCUT2D eigenvalue weighted by molar-refractivity contribution is 5.79. The Balaban J connectivity index is 1.50. The zero-order valence-corrected chi connectivity index (χ0v) is 29.7. The Bertz CT molecular complexity index is 2220. The summed E-state index contributed by atoms with van der Waals surface area (Å²) < 4.78 is 39.6. The molecule has 2 atom stereocenters. The van der Waals surface area contributed by atoms with Crippen LogP contribution in [0.1, 0.15) is 52.2 Å². The van der Waals surface area contributed by atoms with Crippen LogP contribution in [0.15, 0.2) is 74.7 Å². The molecule has 0 saturated heterocycles. The van der Waals surface area contributed by atoms with E-state index in [4.69, 9.17) is 32.8 Å². The van der Waals surface area contributed by atoms with Crippen molar-refractivity contribution < 1.29 is 42.7 Å². The second-order valence-corrected chi connectivity index (χ2v) is 12.3. The predicted octanol–water partition coefficient (Wildman–Crippen LogP) is 5.07. The van der Waals surface area contributed by atoms with Gasteiger partial charge >= 0.3 is 5.97 Å². The van der Waals surface area contributed by atoms with Crippen molar-refractivity contribution in [2.24, 2.45) is 0 Å². The number of hydrogen-bond donors (Lipinski definition) is 2. The number of hydrogen-bond acceptors (Lipinski definition) is 12. The summed E-state index contributed by atoms with van der Waals surface area (Å²) in [6.45, 7) is 0.607. The maximum atomic E-state index is 13.4. The van der Waals surface area contributed by atoms with Crippen LogP contribution in [0.2, 0.25) is 0 Å². The fraction of sp³-hybridized carbons (Fsp3) is 0.308. The maximum Gasteiger partial charge on any atom is 0.306 e. The van der Waals surface area contributed by atoms with Gasteiger partial charge in [0.05, 0.1) is 67.6 Å². The topological polar surface area (TPSA) is 159 Å².